The monoisotopic (exact) mass is 301 g/mol. The van der Waals surface area contributed by atoms with Crippen LogP contribution in [0.2, 0.25) is 0 Å². The number of benzene rings is 1. The molecule has 1 fully saturated rings. The second-order valence-electron chi connectivity index (χ2n) is 5.99. The van der Waals surface area contributed by atoms with E-state index in [1.807, 2.05) is 37.4 Å². The van der Waals surface area contributed by atoms with Crippen molar-refractivity contribution in [3.05, 3.63) is 30.5 Å². The standard InChI is InChI=1S/C16H19N3O3/c1-10-6-12(15(20)21)9-19(8-10)16(22)18-13-2-3-14-11(7-13)4-5-17-14/h2-5,7,10,12,17H,6,8-9H2,1H3,(H,18,22)(H,20,21). The SMILES string of the molecule is CC1CC(C(=O)O)CN(C(=O)Nc2ccc3[nH]ccc3c2)C1. The molecule has 3 N–H and O–H groups in total. The number of carbonyl (C=O) groups excluding carboxylic acids is 1. The van der Waals surface area contributed by atoms with Crippen LogP contribution in [0.3, 0.4) is 0 Å². The maximum absolute atomic E-state index is 12.4. The van der Waals surface area contributed by atoms with E-state index >= 15 is 0 Å². The highest BCUT2D eigenvalue weighted by molar-refractivity contribution is 5.93. The van der Waals surface area contributed by atoms with Gasteiger partial charge in [-0.05, 0) is 36.6 Å². The molecule has 0 bridgehead atoms. The van der Waals surface area contributed by atoms with Crippen LogP contribution in [0.25, 0.3) is 10.9 Å². The van der Waals surface area contributed by atoms with Gasteiger partial charge in [-0.1, -0.05) is 6.92 Å². The van der Waals surface area contributed by atoms with Gasteiger partial charge >= 0.3 is 12.0 Å². The van der Waals surface area contributed by atoms with E-state index in [2.05, 4.69) is 10.3 Å². The summed E-state index contributed by atoms with van der Waals surface area (Å²) in [7, 11) is 0. The molecule has 0 saturated carbocycles. The summed E-state index contributed by atoms with van der Waals surface area (Å²) in [5, 5.41) is 13.1. The molecule has 1 aromatic heterocycles. The number of likely N-dealkylation sites (tertiary alicyclic amines) is 1. The van der Waals surface area contributed by atoms with Crippen LogP contribution in [0.1, 0.15) is 13.3 Å². The minimum absolute atomic E-state index is 0.188. The van der Waals surface area contributed by atoms with Gasteiger partial charge in [0.25, 0.3) is 0 Å². The molecule has 3 rings (SSSR count). The minimum Gasteiger partial charge on any atom is -0.481 e. The Hall–Kier alpha value is -2.50. The first-order chi connectivity index (χ1) is 10.5. The maximum Gasteiger partial charge on any atom is 0.321 e. The number of carbonyl (C=O) groups is 2. The number of nitrogens with zero attached hydrogens (tertiary/aromatic N) is 1. The predicted octanol–water partition coefficient (Wildman–Crippen LogP) is 2.74. The topological polar surface area (TPSA) is 85.4 Å². The lowest BCUT2D eigenvalue weighted by Gasteiger charge is -2.34. The Balaban J connectivity index is 1.71. The summed E-state index contributed by atoms with van der Waals surface area (Å²) in [4.78, 5) is 28.2. The molecule has 1 aromatic carbocycles. The van der Waals surface area contributed by atoms with Crippen LogP contribution in [0.15, 0.2) is 30.5 Å². The summed E-state index contributed by atoms with van der Waals surface area (Å²) in [6.45, 7) is 2.82. The predicted molar refractivity (Wildman–Crippen MR) is 83.8 cm³/mol. The number of amides is 2. The first-order valence-electron chi connectivity index (χ1n) is 7.39. The smallest absolute Gasteiger partial charge is 0.321 e. The third-order valence-corrected chi connectivity index (χ3v) is 4.10. The third kappa shape index (κ3) is 2.90. The lowest BCUT2D eigenvalue weighted by molar-refractivity contribution is -0.143. The summed E-state index contributed by atoms with van der Waals surface area (Å²) in [6.07, 6.45) is 2.47. The molecule has 0 radical (unpaired) electrons. The number of nitrogens with one attached hydrogen (secondary N) is 2. The van der Waals surface area contributed by atoms with Crippen molar-refractivity contribution in [2.45, 2.75) is 13.3 Å². The van der Waals surface area contributed by atoms with Crippen LogP contribution in [0.4, 0.5) is 10.5 Å². The summed E-state index contributed by atoms with van der Waals surface area (Å²) >= 11 is 0. The molecule has 2 amide bonds. The van der Waals surface area contributed by atoms with Crippen molar-refractivity contribution in [1.29, 1.82) is 0 Å². The van der Waals surface area contributed by atoms with Crippen molar-refractivity contribution in [2.75, 3.05) is 18.4 Å². The molecule has 6 nitrogen and oxygen atoms in total. The number of anilines is 1. The highest BCUT2D eigenvalue weighted by atomic mass is 16.4. The first-order valence-corrected chi connectivity index (χ1v) is 7.39. The number of rotatable bonds is 2. The number of aliphatic carboxylic acids is 1. The van der Waals surface area contributed by atoms with E-state index in [1.54, 1.807) is 4.90 Å². The number of piperidine rings is 1. The zero-order valence-corrected chi connectivity index (χ0v) is 12.4. The highest BCUT2D eigenvalue weighted by Crippen LogP contribution is 2.23. The molecular formula is C16H19N3O3. The molecule has 22 heavy (non-hydrogen) atoms. The fourth-order valence-corrected chi connectivity index (χ4v) is 3.03. The van der Waals surface area contributed by atoms with Crippen LogP contribution < -0.4 is 5.32 Å². The number of urea groups is 1. The van der Waals surface area contributed by atoms with Crippen LogP contribution in [-0.2, 0) is 4.79 Å². The van der Waals surface area contributed by atoms with Gasteiger partial charge in [0, 0.05) is 35.9 Å². The largest absolute Gasteiger partial charge is 0.481 e. The quantitative estimate of drug-likeness (QED) is 0.797. The number of carboxylic acid groups (broad SMARTS) is 1. The molecule has 2 aromatic rings. The Morgan fingerprint density at radius 2 is 2.14 bits per heavy atom. The maximum atomic E-state index is 12.4. The van der Waals surface area contributed by atoms with E-state index in [4.69, 9.17) is 0 Å². The lowest BCUT2D eigenvalue weighted by Crippen LogP contribution is -2.47. The highest BCUT2D eigenvalue weighted by Gasteiger charge is 2.31. The molecule has 2 unspecified atom stereocenters. The number of aromatic amines is 1. The third-order valence-electron chi connectivity index (χ3n) is 4.10. The van der Waals surface area contributed by atoms with Crippen LogP contribution in [-0.4, -0.2) is 40.1 Å². The van der Waals surface area contributed by atoms with Gasteiger partial charge in [-0.25, -0.2) is 4.79 Å². The van der Waals surface area contributed by atoms with E-state index in [9.17, 15) is 14.7 Å². The fourth-order valence-electron chi connectivity index (χ4n) is 3.03. The van der Waals surface area contributed by atoms with Gasteiger partial charge in [0.2, 0.25) is 0 Å². The molecule has 1 aliphatic heterocycles. The van der Waals surface area contributed by atoms with Crippen molar-refractivity contribution >= 4 is 28.6 Å². The van der Waals surface area contributed by atoms with E-state index < -0.39 is 11.9 Å². The molecule has 1 saturated heterocycles. The molecule has 2 heterocycles. The Kier molecular flexibility index (Phi) is 3.75. The van der Waals surface area contributed by atoms with Crippen molar-refractivity contribution in [2.24, 2.45) is 11.8 Å². The molecule has 2 atom stereocenters. The first kappa shape index (κ1) is 14.4. The van der Waals surface area contributed by atoms with Crippen molar-refractivity contribution in [1.82, 2.24) is 9.88 Å². The molecule has 0 aliphatic carbocycles. The van der Waals surface area contributed by atoms with Gasteiger partial charge < -0.3 is 20.3 Å². The van der Waals surface area contributed by atoms with E-state index in [0.717, 1.165) is 10.9 Å². The number of hydrogen-bond acceptors (Lipinski definition) is 2. The average molecular weight is 301 g/mol. The zero-order valence-electron chi connectivity index (χ0n) is 12.4. The number of hydrogen-bond donors (Lipinski definition) is 3. The summed E-state index contributed by atoms with van der Waals surface area (Å²) in [6, 6.07) is 7.33. The normalized spacial score (nSPS) is 21.8. The summed E-state index contributed by atoms with van der Waals surface area (Å²) < 4.78 is 0. The van der Waals surface area contributed by atoms with Gasteiger partial charge in [0.05, 0.1) is 5.92 Å². The van der Waals surface area contributed by atoms with Crippen LogP contribution in [0.5, 0.6) is 0 Å². The van der Waals surface area contributed by atoms with Gasteiger partial charge in [0.1, 0.15) is 0 Å². The Morgan fingerprint density at radius 3 is 2.91 bits per heavy atom. The van der Waals surface area contributed by atoms with Crippen LogP contribution in [0, 0.1) is 11.8 Å². The second-order valence-corrected chi connectivity index (χ2v) is 5.99. The van der Waals surface area contributed by atoms with Gasteiger partial charge in [0.15, 0.2) is 0 Å². The van der Waals surface area contributed by atoms with E-state index in [1.165, 1.54) is 0 Å². The number of carboxylic acids is 1. The fraction of sp³-hybridized carbons (Fsp3) is 0.375. The minimum atomic E-state index is -0.835. The summed E-state index contributed by atoms with van der Waals surface area (Å²) in [5.41, 5.74) is 1.72. The lowest BCUT2D eigenvalue weighted by atomic mass is 9.91. The van der Waals surface area contributed by atoms with Gasteiger partial charge in [-0.2, -0.15) is 0 Å². The molecule has 1 aliphatic rings. The summed E-state index contributed by atoms with van der Waals surface area (Å²) in [5.74, 6) is -1.13. The average Bonchev–Trinajstić information content (AvgIpc) is 2.94. The molecule has 116 valence electrons. The molecular weight excluding hydrogens is 282 g/mol. The number of aromatic nitrogens is 1. The van der Waals surface area contributed by atoms with Crippen molar-refractivity contribution in [3.63, 3.8) is 0 Å². The van der Waals surface area contributed by atoms with Crippen molar-refractivity contribution < 1.29 is 14.7 Å². The zero-order chi connectivity index (χ0) is 15.7. The Morgan fingerprint density at radius 1 is 1.32 bits per heavy atom. The van der Waals surface area contributed by atoms with E-state index in [-0.39, 0.29) is 18.5 Å². The Labute approximate surface area is 128 Å². The Bertz CT molecular complexity index is 709. The van der Waals surface area contributed by atoms with E-state index in [0.29, 0.717) is 18.7 Å². The second kappa shape index (κ2) is 5.71. The van der Waals surface area contributed by atoms with Crippen molar-refractivity contribution in [3.8, 4) is 0 Å². The molecule has 0 spiro atoms. The number of H-pyrrole nitrogens is 1. The molecule has 6 heteroatoms. The number of fused-ring (bicyclic) bond motifs is 1. The van der Waals surface area contributed by atoms with Crippen LogP contribution >= 0.6 is 0 Å². The van der Waals surface area contributed by atoms with Gasteiger partial charge in [-0.3, -0.25) is 4.79 Å². The van der Waals surface area contributed by atoms with Gasteiger partial charge in [-0.15, -0.1) is 0 Å².